The van der Waals surface area contributed by atoms with Crippen molar-refractivity contribution in [3.8, 4) is 0 Å². The lowest BCUT2D eigenvalue weighted by Crippen LogP contribution is -2.59. The predicted octanol–water partition coefficient (Wildman–Crippen LogP) is 0.122. The minimum atomic E-state index is -1.22. The first-order valence-corrected chi connectivity index (χ1v) is 17.7. The van der Waals surface area contributed by atoms with E-state index in [1.54, 1.807) is 66.9 Å². The number of nitrogens with one attached hydrogen (secondary N) is 7. The van der Waals surface area contributed by atoms with E-state index in [2.05, 4.69) is 41.5 Å². The van der Waals surface area contributed by atoms with E-state index in [1.165, 1.54) is 12.5 Å². The van der Waals surface area contributed by atoms with Crippen LogP contribution in [0.3, 0.4) is 0 Å². The fraction of sp³-hybridized carbons (Fsp3) is 0.256. The van der Waals surface area contributed by atoms with Crippen LogP contribution in [0.2, 0.25) is 0 Å². The second-order valence-electron chi connectivity index (χ2n) is 12.9. The standard InChI is InChI=1S/C39H44N10O6/c40-16-15-30(37(53)48-31(35(41)51)18-26-20-43-29-14-8-7-13-28(26)29)47-38(54)32(17-24-9-3-1-4-10-24)49-39(55)33(19-27-21-42-23-45-27)46-34(50)22-44-36(52)25-11-5-2-6-12-25/h1-14,20-21,23,30-33,43H,15-19,22,40H2,(H2,41,51)(H,42,45)(H,44,52)(H,46,50)(H,47,54)(H,48,53)(H,49,55)/t30?,31?,32-,33+/m1/s1. The molecule has 0 aliphatic rings. The van der Waals surface area contributed by atoms with Crippen LogP contribution in [0.1, 0.15) is 33.6 Å². The molecule has 5 rings (SSSR count). The average molecular weight is 749 g/mol. The number of rotatable bonds is 19. The summed E-state index contributed by atoms with van der Waals surface area (Å²) < 4.78 is 0. The summed E-state index contributed by atoms with van der Waals surface area (Å²) in [5.41, 5.74) is 14.7. The number of aromatic amines is 2. The van der Waals surface area contributed by atoms with Crippen LogP contribution in [0, 0.1) is 0 Å². The predicted molar refractivity (Wildman–Crippen MR) is 204 cm³/mol. The molecule has 55 heavy (non-hydrogen) atoms. The molecule has 4 atom stereocenters. The fourth-order valence-corrected chi connectivity index (χ4v) is 5.98. The lowest BCUT2D eigenvalue weighted by atomic mass is 10.0. The van der Waals surface area contributed by atoms with Gasteiger partial charge in [0, 0.05) is 53.8 Å². The SMILES string of the molecule is NCCC(NC(=O)[C@@H](Cc1ccccc1)NC(=O)[C@H](Cc1cnc[nH]1)NC(=O)CNC(=O)c1ccccc1)C(=O)NC(Cc1c[nH]c2ccccc12)C(N)=O. The average Bonchev–Trinajstić information content (AvgIpc) is 3.86. The summed E-state index contributed by atoms with van der Waals surface area (Å²) >= 11 is 0. The van der Waals surface area contributed by atoms with Gasteiger partial charge in [-0.1, -0.05) is 66.7 Å². The highest BCUT2D eigenvalue weighted by atomic mass is 16.2. The molecular weight excluding hydrogens is 704 g/mol. The van der Waals surface area contributed by atoms with Gasteiger partial charge in [0.2, 0.25) is 29.5 Å². The quantitative estimate of drug-likeness (QED) is 0.0559. The van der Waals surface area contributed by atoms with E-state index in [0.717, 1.165) is 16.5 Å². The molecule has 2 aromatic heterocycles. The van der Waals surface area contributed by atoms with Crippen molar-refractivity contribution in [1.29, 1.82) is 0 Å². The van der Waals surface area contributed by atoms with Gasteiger partial charge < -0.3 is 48.0 Å². The Morgan fingerprint density at radius 1 is 0.673 bits per heavy atom. The Kier molecular flexibility index (Phi) is 13.8. The highest BCUT2D eigenvalue weighted by Gasteiger charge is 2.31. The van der Waals surface area contributed by atoms with Gasteiger partial charge in [0.15, 0.2) is 0 Å². The number of para-hydroxylation sites is 1. The molecule has 5 aromatic rings. The third kappa shape index (κ3) is 11.3. The summed E-state index contributed by atoms with van der Waals surface area (Å²) in [7, 11) is 0. The molecule has 0 radical (unpaired) electrons. The summed E-state index contributed by atoms with van der Waals surface area (Å²) in [6, 6.07) is 20.0. The zero-order valence-electron chi connectivity index (χ0n) is 29.9. The Hall–Kier alpha value is -6.81. The third-order valence-corrected chi connectivity index (χ3v) is 8.84. The van der Waals surface area contributed by atoms with Crippen LogP contribution in [0.5, 0.6) is 0 Å². The van der Waals surface area contributed by atoms with Crippen LogP contribution in [0.4, 0.5) is 0 Å². The van der Waals surface area contributed by atoms with Gasteiger partial charge in [0.1, 0.15) is 24.2 Å². The van der Waals surface area contributed by atoms with Crippen molar-refractivity contribution in [3.05, 3.63) is 126 Å². The Morgan fingerprint density at radius 3 is 1.96 bits per heavy atom. The zero-order chi connectivity index (χ0) is 39.2. The number of nitrogens with zero attached hydrogens (tertiary/aromatic N) is 1. The number of amides is 6. The first-order valence-electron chi connectivity index (χ1n) is 17.7. The molecule has 0 bridgehead atoms. The third-order valence-electron chi connectivity index (χ3n) is 8.84. The van der Waals surface area contributed by atoms with Crippen LogP contribution in [0.15, 0.2) is 104 Å². The normalized spacial score (nSPS) is 13.1. The van der Waals surface area contributed by atoms with Gasteiger partial charge in [0.05, 0.1) is 12.9 Å². The molecule has 16 heteroatoms. The van der Waals surface area contributed by atoms with Crippen LogP contribution in [-0.4, -0.2) is 87.7 Å². The minimum absolute atomic E-state index is 0.00928. The molecule has 16 nitrogen and oxygen atoms in total. The summed E-state index contributed by atoms with van der Waals surface area (Å²) in [4.78, 5) is 89.6. The molecule has 2 heterocycles. The lowest BCUT2D eigenvalue weighted by Gasteiger charge is -2.26. The first-order chi connectivity index (χ1) is 26.6. The number of primary amides is 1. The van der Waals surface area contributed by atoms with Gasteiger partial charge in [-0.2, -0.15) is 0 Å². The van der Waals surface area contributed by atoms with Crippen molar-refractivity contribution in [2.75, 3.05) is 13.1 Å². The second kappa shape index (κ2) is 19.3. The molecule has 0 aliphatic heterocycles. The maximum Gasteiger partial charge on any atom is 0.251 e. The van der Waals surface area contributed by atoms with E-state index >= 15 is 0 Å². The Balaban J connectivity index is 1.29. The highest BCUT2D eigenvalue weighted by Crippen LogP contribution is 2.19. The molecule has 0 fully saturated rings. The summed E-state index contributed by atoms with van der Waals surface area (Å²) in [5.74, 6) is -3.99. The topological polar surface area (TPSA) is 259 Å². The number of hydrogen-bond acceptors (Lipinski definition) is 8. The Bertz CT molecular complexity index is 2070. The molecule has 0 aliphatic carbocycles. The molecule has 0 spiro atoms. The van der Waals surface area contributed by atoms with E-state index in [1.807, 2.05) is 24.3 Å². The molecular formula is C39H44N10O6. The van der Waals surface area contributed by atoms with E-state index in [0.29, 0.717) is 16.8 Å². The van der Waals surface area contributed by atoms with Crippen molar-refractivity contribution in [1.82, 2.24) is 41.5 Å². The summed E-state index contributed by atoms with van der Waals surface area (Å²) in [6.45, 7) is -0.409. The molecule has 0 saturated carbocycles. The van der Waals surface area contributed by atoms with Gasteiger partial charge in [-0.3, -0.25) is 28.8 Å². The Labute approximate surface area is 316 Å². The van der Waals surface area contributed by atoms with Crippen molar-refractivity contribution in [2.45, 2.75) is 49.9 Å². The largest absolute Gasteiger partial charge is 0.368 e. The van der Waals surface area contributed by atoms with Crippen LogP contribution >= 0.6 is 0 Å². The number of fused-ring (bicyclic) bond motifs is 1. The second-order valence-corrected chi connectivity index (χ2v) is 12.9. The molecule has 286 valence electrons. The number of aromatic nitrogens is 3. The number of H-pyrrole nitrogens is 2. The van der Waals surface area contributed by atoms with Crippen molar-refractivity contribution in [3.63, 3.8) is 0 Å². The van der Waals surface area contributed by atoms with Crippen molar-refractivity contribution in [2.24, 2.45) is 11.5 Å². The number of benzene rings is 3. The maximum atomic E-state index is 14.0. The van der Waals surface area contributed by atoms with E-state index < -0.39 is 66.2 Å². The van der Waals surface area contributed by atoms with Crippen LogP contribution < -0.4 is 38.1 Å². The minimum Gasteiger partial charge on any atom is -0.368 e. The van der Waals surface area contributed by atoms with Crippen molar-refractivity contribution < 1.29 is 28.8 Å². The van der Waals surface area contributed by atoms with E-state index in [9.17, 15) is 28.8 Å². The molecule has 6 amide bonds. The van der Waals surface area contributed by atoms with Crippen LogP contribution in [-0.2, 0) is 43.2 Å². The van der Waals surface area contributed by atoms with Gasteiger partial charge in [-0.15, -0.1) is 0 Å². The molecule has 3 aromatic carbocycles. The molecule has 11 N–H and O–H groups in total. The van der Waals surface area contributed by atoms with Crippen molar-refractivity contribution >= 4 is 46.3 Å². The number of nitrogens with two attached hydrogens (primary N) is 2. The number of carbonyl (C=O) groups is 6. The maximum absolute atomic E-state index is 14.0. The van der Waals surface area contributed by atoms with Gasteiger partial charge >= 0.3 is 0 Å². The van der Waals surface area contributed by atoms with Crippen LogP contribution in [0.25, 0.3) is 10.9 Å². The Morgan fingerprint density at radius 2 is 1.29 bits per heavy atom. The highest BCUT2D eigenvalue weighted by molar-refractivity contribution is 5.98. The van der Waals surface area contributed by atoms with E-state index in [4.69, 9.17) is 11.5 Å². The van der Waals surface area contributed by atoms with Gasteiger partial charge in [-0.05, 0) is 42.3 Å². The zero-order valence-corrected chi connectivity index (χ0v) is 29.9. The number of imidazole rings is 1. The fourth-order valence-electron chi connectivity index (χ4n) is 5.98. The van der Waals surface area contributed by atoms with Gasteiger partial charge in [-0.25, -0.2) is 4.98 Å². The monoisotopic (exact) mass is 748 g/mol. The molecule has 0 saturated heterocycles. The number of carbonyl (C=O) groups excluding carboxylic acids is 6. The van der Waals surface area contributed by atoms with Gasteiger partial charge in [0.25, 0.3) is 5.91 Å². The summed E-state index contributed by atoms with van der Waals surface area (Å²) in [5, 5.41) is 14.1. The first kappa shape index (κ1) is 39.4. The summed E-state index contributed by atoms with van der Waals surface area (Å²) in [6.07, 6.45) is 4.77. The van der Waals surface area contributed by atoms with E-state index in [-0.39, 0.29) is 32.2 Å². The molecule has 2 unspecified atom stereocenters. The lowest BCUT2D eigenvalue weighted by molar-refractivity contribution is -0.134. The smallest absolute Gasteiger partial charge is 0.251 e. The number of hydrogen-bond donors (Lipinski definition) is 9.